The molecule has 1 amide bonds. The Morgan fingerprint density at radius 2 is 1.86 bits per heavy atom. The van der Waals surface area contributed by atoms with Gasteiger partial charge in [-0.15, -0.1) is 0 Å². The van der Waals surface area contributed by atoms with E-state index in [0.29, 0.717) is 5.56 Å². The van der Waals surface area contributed by atoms with E-state index in [1.54, 1.807) is 6.92 Å². The second-order valence-corrected chi connectivity index (χ2v) is 4.45. The van der Waals surface area contributed by atoms with Crippen molar-refractivity contribution in [3.8, 4) is 5.75 Å². The van der Waals surface area contributed by atoms with Crippen molar-refractivity contribution < 1.29 is 24.2 Å². The molecule has 2 aromatic rings. The quantitative estimate of drug-likeness (QED) is 0.811. The van der Waals surface area contributed by atoms with E-state index in [1.807, 2.05) is 0 Å². The van der Waals surface area contributed by atoms with Gasteiger partial charge in [-0.05, 0) is 48.9 Å². The molecule has 0 saturated heterocycles. The predicted molar refractivity (Wildman–Crippen MR) is 74.2 cm³/mol. The zero-order chi connectivity index (χ0) is 15.6. The van der Waals surface area contributed by atoms with Crippen LogP contribution in [0.25, 0.3) is 0 Å². The zero-order valence-corrected chi connectivity index (χ0v) is 11.1. The number of carbonyl (C=O) groups excluding carboxylic acids is 1. The molecule has 0 fully saturated rings. The lowest BCUT2D eigenvalue weighted by atomic mass is 10.1. The number of phenolic OH excluding ortho intramolecular Hbond substituents is 1. The number of halogens is 1. The molecule has 0 heterocycles. The zero-order valence-electron chi connectivity index (χ0n) is 11.1. The number of anilines is 1. The van der Waals surface area contributed by atoms with Gasteiger partial charge in [0.15, 0.2) is 0 Å². The smallest absolute Gasteiger partial charge is 0.335 e. The van der Waals surface area contributed by atoms with Crippen molar-refractivity contribution in [2.45, 2.75) is 6.92 Å². The van der Waals surface area contributed by atoms with E-state index in [9.17, 15) is 19.1 Å². The van der Waals surface area contributed by atoms with E-state index in [0.717, 1.165) is 18.2 Å². The summed E-state index contributed by atoms with van der Waals surface area (Å²) in [4.78, 5) is 22.9. The molecular weight excluding hydrogens is 277 g/mol. The van der Waals surface area contributed by atoms with Gasteiger partial charge in [0.2, 0.25) is 0 Å². The molecule has 0 aliphatic rings. The number of aromatic carboxylic acids is 1. The van der Waals surface area contributed by atoms with Crippen molar-refractivity contribution >= 4 is 17.6 Å². The molecule has 5 nitrogen and oxygen atoms in total. The number of nitrogens with one attached hydrogen (secondary N) is 1. The molecule has 0 aromatic heterocycles. The fourth-order valence-electron chi connectivity index (χ4n) is 1.85. The maximum Gasteiger partial charge on any atom is 0.335 e. The van der Waals surface area contributed by atoms with Crippen LogP contribution in [0.2, 0.25) is 0 Å². The Bertz CT molecular complexity index is 728. The van der Waals surface area contributed by atoms with Gasteiger partial charge in [0.05, 0.1) is 11.3 Å². The molecule has 2 rings (SSSR count). The van der Waals surface area contributed by atoms with Crippen molar-refractivity contribution in [2.24, 2.45) is 0 Å². The highest BCUT2D eigenvalue weighted by Crippen LogP contribution is 2.20. The molecule has 3 N–H and O–H groups in total. The van der Waals surface area contributed by atoms with Crippen LogP contribution in [0.5, 0.6) is 5.75 Å². The standard InChI is InChI=1S/C15H12FNO4/c1-8-6-10(18)3-4-11(8)14(19)17-13-7-9(15(20)21)2-5-12(13)16/h2-7,18H,1H3,(H,17,19)(H,20,21). The van der Waals surface area contributed by atoms with Crippen LogP contribution >= 0.6 is 0 Å². The van der Waals surface area contributed by atoms with Gasteiger partial charge in [-0.1, -0.05) is 0 Å². The largest absolute Gasteiger partial charge is 0.508 e. The second-order valence-electron chi connectivity index (χ2n) is 4.45. The second kappa shape index (κ2) is 5.62. The topological polar surface area (TPSA) is 86.6 Å². The number of hydrogen-bond acceptors (Lipinski definition) is 3. The SMILES string of the molecule is Cc1cc(O)ccc1C(=O)Nc1cc(C(=O)O)ccc1F. The summed E-state index contributed by atoms with van der Waals surface area (Å²) in [6.45, 7) is 1.62. The first kappa shape index (κ1) is 14.5. The van der Waals surface area contributed by atoms with Gasteiger partial charge in [-0.25, -0.2) is 9.18 Å². The van der Waals surface area contributed by atoms with Crippen molar-refractivity contribution in [1.29, 1.82) is 0 Å². The number of hydrogen-bond donors (Lipinski definition) is 3. The average Bonchev–Trinajstić information content (AvgIpc) is 2.40. The van der Waals surface area contributed by atoms with Gasteiger partial charge >= 0.3 is 5.97 Å². The van der Waals surface area contributed by atoms with Crippen molar-refractivity contribution in [3.05, 3.63) is 58.9 Å². The Hall–Kier alpha value is -2.89. The van der Waals surface area contributed by atoms with E-state index in [2.05, 4.69) is 5.32 Å². The number of carboxylic acid groups (broad SMARTS) is 1. The van der Waals surface area contributed by atoms with E-state index in [1.165, 1.54) is 18.2 Å². The first-order valence-corrected chi connectivity index (χ1v) is 6.02. The molecule has 0 atom stereocenters. The van der Waals surface area contributed by atoms with Gasteiger partial charge in [0.25, 0.3) is 5.91 Å². The fourth-order valence-corrected chi connectivity index (χ4v) is 1.85. The molecular formula is C15H12FNO4. The van der Waals surface area contributed by atoms with Crippen LogP contribution in [0, 0.1) is 12.7 Å². The molecule has 0 aliphatic heterocycles. The van der Waals surface area contributed by atoms with Crippen molar-refractivity contribution in [2.75, 3.05) is 5.32 Å². The molecule has 0 bridgehead atoms. The van der Waals surface area contributed by atoms with Gasteiger partial charge in [0.1, 0.15) is 11.6 Å². The maximum absolute atomic E-state index is 13.6. The van der Waals surface area contributed by atoms with Gasteiger partial charge in [-0.3, -0.25) is 4.79 Å². The summed E-state index contributed by atoms with van der Waals surface area (Å²) in [6, 6.07) is 7.27. The lowest BCUT2D eigenvalue weighted by molar-refractivity contribution is 0.0696. The van der Waals surface area contributed by atoms with Crippen LogP contribution in [-0.4, -0.2) is 22.1 Å². The predicted octanol–water partition coefficient (Wildman–Crippen LogP) is 2.79. The highest BCUT2D eigenvalue weighted by Gasteiger charge is 2.14. The van der Waals surface area contributed by atoms with Gasteiger partial charge in [0, 0.05) is 5.56 Å². The van der Waals surface area contributed by atoms with Crippen LogP contribution in [0.1, 0.15) is 26.3 Å². The van der Waals surface area contributed by atoms with Crippen LogP contribution in [0.4, 0.5) is 10.1 Å². The minimum Gasteiger partial charge on any atom is -0.508 e. The van der Waals surface area contributed by atoms with Crippen LogP contribution in [-0.2, 0) is 0 Å². The highest BCUT2D eigenvalue weighted by molar-refractivity contribution is 6.05. The Kier molecular flexibility index (Phi) is 3.89. The summed E-state index contributed by atoms with van der Waals surface area (Å²) in [7, 11) is 0. The van der Waals surface area contributed by atoms with Crippen LogP contribution < -0.4 is 5.32 Å². The summed E-state index contributed by atoms with van der Waals surface area (Å²) in [6.07, 6.45) is 0. The summed E-state index contributed by atoms with van der Waals surface area (Å²) in [5, 5.41) is 20.5. The molecule has 108 valence electrons. The summed E-state index contributed by atoms with van der Waals surface area (Å²) in [5.41, 5.74) is 0.428. The minimum absolute atomic E-state index is 0.0168. The molecule has 0 spiro atoms. The Morgan fingerprint density at radius 3 is 2.48 bits per heavy atom. The molecule has 2 aromatic carbocycles. The highest BCUT2D eigenvalue weighted by atomic mass is 19.1. The fraction of sp³-hybridized carbons (Fsp3) is 0.0667. The molecule has 6 heteroatoms. The van der Waals surface area contributed by atoms with Gasteiger partial charge in [-0.2, -0.15) is 0 Å². The third kappa shape index (κ3) is 3.17. The number of aromatic hydroxyl groups is 1. The van der Waals surface area contributed by atoms with E-state index in [-0.39, 0.29) is 22.6 Å². The third-order valence-electron chi connectivity index (χ3n) is 2.92. The number of benzene rings is 2. The van der Waals surface area contributed by atoms with Crippen LogP contribution in [0.3, 0.4) is 0 Å². The van der Waals surface area contributed by atoms with E-state index >= 15 is 0 Å². The first-order valence-electron chi connectivity index (χ1n) is 6.02. The Balaban J connectivity index is 2.31. The third-order valence-corrected chi connectivity index (χ3v) is 2.92. The Morgan fingerprint density at radius 1 is 1.14 bits per heavy atom. The van der Waals surface area contributed by atoms with Crippen LogP contribution in [0.15, 0.2) is 36.4 Å². The number of phenols is 1. The first-order chi connectivity index (χ1) is 9.88. The lowest BCUT2D eigenvalue weighted by Crippen LogP contribution is -2.15. The van der Waals surface area contributed by atoms with E-state index < -0.39 is 17.7 Å². The summed E-state index contributed by atoms with van der Waals surface area (Å²) in [5.74, 6) is -2.52. The molecule has 0 radical (unpaired) electrons. The summed E-state index contributed by atoms with van der Waals surface area (Å²) < 4.78 is 13.6. The molecule has 21 heavy (non-hydrogen) atoms. The monoisotopic (exact) mass is 289 g/mol. The number of amides is 1. The van der Waals surface area contributed by atoms with Gasteiger partial charge < -0.3 is 15.5 Å². The molecule has 0 aliphatic carbocycles. The van der Waals surface area contributed by atoms with E-state index in [4.69, 9.17) is 5.11 Å². The summed E-state index contributed by atoms with van der Waals surface area (Å²) >= 11 is 0. The number of aryl methyl sites for hydroxylation is 1. The molecule has 0 unspecified atom stereocenters. The molecule has 0 saturated carbocycles. The number of carboxylic acids is 1. The maximum atomic E-state index is 13.6. The lowest BCUT2D eigenvalue weighted by Gasteiger charge is -2.09. The number of carbonyl (C=O) groups is 2. The van der Waals surface area contributed by atoms with Crippen molar-refractivity contribution in [1.82, 2.24) is 0 Å². The minimum atomic E-state index is -1.22. The average molecular weight is 289 g/mol. The normalized spacial score (nSPS) is 10.2. The Labute approximate surface area is 119 Å². The van der Waals surface area contributed by atoms with Crippen molar-refractivity contribution in [3.63, 3.8) is 0 Å². The number of rotatable bonds is 3.